The average molecular weight is 347 g/mol. The first kappa shape index (κ1) is 17.1. The Morgan fingerprint density at radius 1 is 1.17 bits per heavy atom. The van der Waals surface area contributed by atoms with Crippen molar-refractivity contribution in [2.24, 2.45) is 0 Å². The van der Waals surface area contributed by atoms with Gasteiger partial charge in [0.25, 0.3) is 5.91 Å². The van der Waals surface area contributed by atoms with Crippen LogP contribution in [0.15, 0.2) is 30.3 Å². The Morgan fingerprint density at radius 2 is 1.79 bits per heavy atom. The molecule has 0 atom stereocenters. The van der Waals surface area contributed by atoms with Crippen molar-refractivity contribution in [3.8, 4) is 5.69 Å². The fourth-order valence-corrected chi connectivity index (χ4v) is 3.59. The lowest BCUT2D eigenvalue weighted by Crippen LogP contribution is -2.38. The number of carbonyl (C=O) groups is 1. The molecule has 2 aromatic rings. The number of halogens is 1. The largest absolute Gasteiger partial charge is 0.393 e. The summed E-state index contributed by atoms with van der Waals surface area (Å²) in [6.07, 6.45) is 2.97. The van der Waals surface area contributed by atoms with Crippen LogP contribution in [0.5, 0.6) is 0 Å². The molecule has 0 aliphatic heterocycles. The molecule has 5 heteroatoms. The lowest BCUT2D eigenvalue weighted by Gasteiger charge is -2.26. The molecule has 1 aliphatic carbocycles. The molecule has 0 unspecified atom stereocenters. The standard InChI is InChI=1S/C19H23ClN2O2/c1-12-11-18(19(24)21-15-5-9-17(23)10-6-15)13(2)22(12)16-7-3-14(20)4-8-16/h3-4,7-8,11,15,17,23H,5-6,9-10H2,1-2H3,(H,21,24). The van der Waals surface area contributed by atoms with E-state index in [1.807, 2.05) is 44.2 Å². The van der Waals surface area contributed by atoms with E-state index in [1.54, 1.807) is 0 Å². The van der Waals surface area contributed by atoms with E-state index in [4.69, 9.17) is 11.6 Å². The monoisotopic (exact) mass is 346 g/mol. The Kier molecular flexibility index (Phi) is 4.97. The van der Waals surface area contributed by atoms with Gasteiger partial charge in [-0.05, 0) is 69.9 Å². The van der Waals surface area contributed by atoms with Crippen LogP contribution in [-0.4, -0.2) is 27.7 Å². The van der Waals surface area contributed by atoms with Gasteiger partial charge in [0.2, 0.25) is 0 Å². The topological polar surface area (TPSA) is 54.3 Å². The van der Waals surface area contributed by atoms with Gasteiger partial charge in [0.1, 0.15) is 0 Å². The third-order valence-electron chi connectivity index (χ3n) is 4.79. The van der Waals surface area contributed by atoms with Crippen LogP contribution >= 0.6 is 11.6 Å². The Labute approximate surface area is 147 Å². The molecule has 24 heavy (non-hydrogen) atoms. The van der Waals surface area contributed by atoms with Crippen LogP contribution in [0.1, 0.15) is 47.4 Å². The van der Waals surface area contributed by atoms with Crippen LogP contribution in [0.3, 0.4) is 0 Å². The fraction of sp³-hybridized carbons (Fsp3) is 0.421. The summed E-state index contributed by atoms with van der Waals surface area (Å²) in [6, 6.07) is 9.68. The second kappa shape index (κ2) is 6.99. The van der Waals surface area contributed by atoms with Crippen molar-refractivity contribution >= 4 is 17.5 Å². The van der Waals surface area contributed by atoms with Gasteiger partial charge in [-0.2, -0.15) is 0 Å². The summed E-state index contributed by atoms with van der Waals surface area (Å²) in [5, 5.41) is 13.4. The van der Waals surface area contributed by atoms with Crippen LogP contribution in [0.25, 0.3) is 5.69 Å². The van der Waals surface area contributed by atoms with Crippen molar-refractivity contribution in [2.75, 3.05) is 0 Å². The quantitative estimate of drug-likeness (QED) is 0.888. The number of nitrogens with zero attached hydrogens (tertiary/aromatic N) is 1. The number of hydrogen-bond donors (Lipinski definition) is 2. The molecule has 0 bridgehead atoms. The SMILES string of the molecule is Cc1cc(C(=O)NC2CCC(O)CC2)c(C)n1-c1ccc(Cl)cc1. The highest BCUT2D eigenvalue weighted by Gasteiger charge is 2.23. The lowest BCUT2D eigenvalue weighted by molar-refractivity contribution is 0.0867. The Morgan fingerprint density at radius 3 is 2.42 bits per heavy atom. The van der Waals surface area contributed by atoms with Crippen LogP contribution in [0.2, 0.25) is 5.02 Å². The summed E-state index contributed by atoms with van der Waals surface area (Å²) in [5.74, 6) is -0.0373. The maximum absolute atomic E-state index is 12.7. The van der Waals surface area contributed by atoms with Gasteiger partial charge in [0, 0.05) is 28.1 Å². The average Bonchev–Trinajstić information content (AvgIpc) is 2.85. The van der Waals surface area contributed by atoms with Crippen LogP contribution in [0, 0.1) is 13.8 Å². The molecule has 1 aliphatic rings. The summed E-state index contributed by atoms with van der Waals surface area (Å²) in [4.78, 5) is 12.7. The van der Waals surface area contributed by atoms with Gasteiger partial charge in [0.05, 0.1) is 11.7 Å². The van der Waals surface area contributed by atoms with Gasteiger partial charge >= 0.3 is 0 Å². The Bertz CT molecular complexity index is 729. The molecule has 1 amide bonds. The van der Waals surface area contributed by atoms with E-state index in [-0.39, 0.29) is 18.1 Å². The summed E-state index contributed by atoms with van der Waals surface area (Å²) >= 11 is 5.96. The Hall–Kier alpha value is -1.78. The predicted molar refractivity (Wildman–Crippen MR) is 96.0 cm³/mol. The number of aryl methyl sites for hydroxylation is 1. The molecule has 4 nitrogen and oxygen atoms in total. The van der Waals surface area contributed by atoms with Gasteiger partial charge < -0.3 is 15.0 Å². The zero-order valence-electron chi connectivity index (χ0n) is 14.1. The minimum absolute atomic E-state index is 0.0373. The molecule has 128 valence electrons. The van der Waals surface area contributed by atoms with Gasteiger partial charge in [0.15, 0.2) is 0 Å². The van der Waals surface area contributed by atoms with Gasteiger partial charge in [-0.3, -0.25) is 4.79 Å². The van der Waals surface area contributed by atoms with E-state index in [2.05, 4.69) is 9.88 Å². The normalized spacial score (nSPS) is 20.8. The number of carbonyl (C=O) groups excluding carboxylic acids is 1. The molecule has 1 heterocycles. The highest BCUT2D eigenvalue weighted by molar-refractivity contribution is 6.30. The number of hydrogen-bond acceptors (Lipinski definition) is 2. The van der Waals surface area contributed by atoms with Gasteiger partial charge in [-0.1, -0.05) is 11.6 Å². The van der Waals surface area contributed by atoms with Crippen molar-refractivity contribution in [3.05, 3.63) is 52.3 Å². The second-order valence-electron chi connectivity index (χ2n) is 6.58. The molecular weight excluding hydrogens is 324 g/mol. The molecular formula is C19H23ClN2O2. The molecule has 1 aromatic heterocycles. The minimum Gasteiger partial charge on any atom is -0.393 e. The third-order valence-corrected chi connectivity index (χ3v) is 5.04. The maximum Gasteiger partial charge on any atom is 0.253 e. The summed E-state index contributed by atoms with van der Waals surface area (Å²) in [5.41, 5.74) is 3.63. The fourth-order valence-electron chi connectivity index (χ4n) is 3.46. The molecule has 1 saturated carbocycles. The van der Waals surface area contributed by atoms with E-state index >= 15 is 0 Å². The molecule has 1 fully saturated rings. The lowest BCUT2D eigenvalue weighted by atomic mass is 9.93. The molecule has 1 aromatic carbocycles. The first-order valence-electron chi connectivity index (χ1n) is 8.39. The summed E-state index contributed by atoms with van der Waals surface area (Å²) in [7, 11) is 0. The number of aliphatic hydroxyl groups excluding tert-OH is 1. The van der Waals surface area contributed by atoms with E-state index in [0.29, 0.717) is 10.6 Å². The van der Waals surface area contributed by atoms with Gasteiger partial charge in [-0.25, -0.2) is 0 Å². The van der Waals surface area contributed by atoms with Crippen molar-refractivity contribution in [1.29, 1.82) is 0 Å². The van der Waals surface area contributed by atoms with E-state index in [0.717, 1.165) is 42.8 Å². The van der Waals surface area contributed by atoms with Crippen LogP contribution < -0.4 is 5.32 Å². The highest BCUT2D eigenvalue weighted by atomic mass is 35.5. The number of rotatable bonds is 3. The minimum atomic E-state index is -0.215. The first-order chi connectivity index (χ1) is 11.5. The number of amides is 1. The maximum atomic E-state index is 12.7. The van der Waals surface area contributed by atoms with E-state index in [1.165, 1.54) is 0 Å². The highest BCUT2D eigenvalue weighted by Crippen LogP contribution is 2.23. The number of aromatic nitrogens is 1. The number of nitrogens with one attached hydrogen (secondary N) is 1. The molecule has 0 saturated heterocycles. The van der Waals surface area contributed by atoms with Crippen molar-refractivity contribution < 1.29 is 9.90 Å². The van der Waals surface area contributed by atoms with Gasteiger partial charge in [-0.15, -0.1) is 0 Å². The first-order valence-corrected chi connectivity index (χ1v) is 8.77. The van der Waals surface area contributed by atoms with Crippen molar-refractivity contribution in [1.82, 2.24) is 9.88 Å². The molecule has 0 radical (unpaired) electrons. The van der Waals surface area contributed by atoms with E-state index < -0.39 is 0 Å². The number of benzene rings is 1. The molecule has 3 rings (SSSR count). The smallest absolute Gasteiger partial charge is 0.253 e. The zero-order chi connectivity index (χ0) is 17.3. The van der Waals surface area contributed by atoms with Crippen molar-refractivity contribution in [3.63, 3.8) is 0 Å². The Balaban J connectivity index is 1.80. The second-order valence-corrected chi connectivity index (χ2v) is 7.01. The van der Waals surface area contributed by atoms with Crippen LogP contribution in [0.4, 0.5) is 0 Å². The summed E-state index contributed by atoms with van der Waals surface area (Å²) in [6.45, 7) is 3.95. The van der Waals surface area contributed by atoms with Crippen molar-refractivity contribution in [2.45, 2.75) is 51.7 Å². The zero-order valence-corrected chi connectivity index (χ0v) is 14.8. The molecule has 2 N–H and O–H groups in total. The number of aliphatic hydroxyl groups is 1. The molecule has 0 spiro atoms. The summed E-state index contributed by atoms with van der Waals surface area (Å²) < 4.78 is 2.07. The third kappa shape index (κ3) is 3.50. The van der Waals surface area contributed by atoms with E-state index in [9.17, 15) is 9.90 Å². The van der Waals surface area contributed by atoms with Crippen LogP contribution in [-0.2, 0) is 0 Å². The predicted octanol–water partition coefficient (Wildman–Crippen LogP) is 3.78.